The number of ether oxygens (including phenoxy) is 1. The summed E-state index contributed by atoms with van der Waals surface area (Å²) in [5, 5.41) is 0. The predicted octanol–water partition coefficient (Wildman–Crippen LogP) is 3.29. The quantitative estimate of drug-likeness (QED) is 0.792. The van der Waals surface area contributed by atoms with E-state index in [0.717, 1.165) is 10.0 Å². The van der Waals surface area contributed by atoms with Gasteiger partial charge in [0.1, 0.15) is 10.6 Å². The van der Waals surface area contributed by atoms with Crippen molar-refractivity contribution < 1.29 is 13.2 Å². The Hall–Kier alpha value is -1.66. The van der Waals surface area contributed by atoms with Gasteiger partial charge in [-0.2, -0.15) is 8.42 Å². The number of sulfonamides is 1. The summed E-state index contributed by atoms with van der Waals surface area (Å²) >= 11 is 3.39. The minimum atomic E-state index is -3.65. The first-order valence-corrected chi connectivity index (χ1v) is 8.09. The molecule has 0 unspecified atom stereocenters. The zero-order chi connectivity index (χ0) is 14.3. The van der Waals surface area contributed by atoms with Crippen molar-refractivity contribution in [1.29, 1.82) is 0 Å². The van der Waals surface area contributed by atoms with Gasteiger partial charge >= 0.3 is 0 Å². The maximum absolute atomic E-state index is 11.9. The van der Waals surface area contributed by atoms with Crippen molar-refractivity contribution >= 4 is 31.9 Å². The Balaban J connectivity index is 2.05. The molecule has 1 aliphatic heterocycles. The largest absolute Gasteiger partial charge is 0.436 e. The molecule has 20 heavy (non-hydrogen) atoms. The van der Waals surface area contributed by atoms with Crippen molar-refractivity contribution in [2.24, 2.45) is 4.40 Å². The Bertz CT molecular complexity index is 828. The van der Waals surface area contributed by atoms with Gasteiger partial charge in [0.2, 0.25) is 5.90 Å². The summed E-state index contributed by atoms with van der Waals surface area (Å²) in [7, 11) is -3.65. The SMILES string of the molecule is Cc1ccc(OC2=NS(=O)(=O)c3ccccc32)c(Br)c1. The van der Waals surface area contributed by atoms with Crippen molar-refractivity contribution in [3.05, 3.63) is 58.1 Å². The van der Waals surface area contributed by atoms with Crippen molar-refractivity contribution in [3.63, 3.8) is 0 Å². The van der Waals surface area contributed by atoms with Crippen LogP contribution in [0.2, 0.25) is 0 Å². The van der Waals surface area contributed by atoms with Crippen molar-refractivity contribution in [1.82, 2.24) is 0 Å². The molecule has 0 aromatic heterocycles. The molecule has 2 aromatic carbocycles. The number of rotatable bonds is 1. The highest BCUT2D eigenvalue weighted by atomic mass is 79.9. The first-order chi connectivity index (χ1) is 9.47. The fourth-order valence-corrected chi connectivity index (χ4v) is 3.65. The normalized spacial score (nSPS) is 15.6. The third-order valence-electron chi connectivity index (χ3n) is 2.89. The lowest BCUT2D eigenvalue weighted by molar-refractivity contribution is 0.550. The van der Waals surface area contributed by atoms with E-state index < -0.39 is 10.0 Å². The van der Waals surface area contributed by atoms with E-state index in [1.54, 1.807) is 24.3 Å². The van der Waals surface area contributed by atoms with E-state index in [1.807, 2.05) is 19.1 Å². The molecule has 6 heteroatoms. The van der Waals surface area contributed by atoms with Gasteiger partial charge in [-0.25, -0.2) is 0 Å². The lowest BCUT2D eigenvalue weighted by Gasteiger charge is -2.08. The minimum absolute atomic E-state index is 0.102. The average molecular weight is 352 g/mol. The first kappa shape index (κ1) is 13.3. The molecule has 102 valence electrons. The maximum atomic E-state index is 11.9. The molecule has 0 fully saturated rings. The van der Waals surface area contributed by atoms with Crippen molar-refractivity contribution in [3.8, 4) is 5.75 Å². The van der Waals surface area contributed by atoms with Crippen LogP contribution in [-0.4, -0.2) is 14.3 Å². The maximum Gasteiger partial charge on any atom is 0.286 e. The summed E-state index contributed by atoms with van der Waals surface area (Å²) in [6.07, 6.45) is 0. The predicted molar refractivity (Wildman–Crippen MR) is 79.7 cm³/mol. The number of halogens is 1. The van der Waals surface area contributed by atoms with E-state index in [1.165, 1.54) is 6.07 Å². The summed E-state index contributed by atoms with van der Waals surface area (Å²) in [6, 6.07) is 12.2. The van der Waals surface area contributed by atoms with E-state index in [-0.39, 0.29) is 10.8 Å². The fourth-order valence-electron chi connectivity index (χ4n) is 1.94. The molecule has 0 N–H and O–H groups in total. The molecule has 0 atom stereocenters. The summed E-state index contributed by atoms with van der Waals surface area (Å²) in [6.45, 7) is 1.96. The number of hydrogen-bond acceptors (Lipinski definition) is 3. The molecule has 2 aromatic rings. The van der Waals surface area contributed by atoms with E-state index >= 15 is 0 Å². The third-order valence-corrected chi connectivity index (χ3v) is 4.83. The Morgan fingerprint density at radius 2 is 1.90 bits per heavy atom. The molecular formula is C14H10BrNO3S. The van der Waals surface area contributed by atoms with E-state index in [2.05, 4.69) is 20.3 Å². The summed E-state index contributed by atoms with van der Waals surface area (Å²) < 4.78 is 33.9. The Morgan fingerprint density at radius 1 is 1.15 bits per heavy atom. The van der Waals surface area contributed by atoms with Crippen LogP contribution in [0.4, 0.5) is 0 Å². The smallest absolute Gasteiger partial charge is 0.286 e. The molecule has 0 spiro atoms. The molecule has 4 nitrogen and oxygen atoms in total. The molecule has 0 saturated carbocycles. The molecule has 3 rings (SSSR count). The lowest BCUT2D eigenvalue weighted by Crippen LogP contribution is -2.08. The van der Waals surface area contributed by atoms with Crippen molar-refractivity contribution in [2.75, 3.05) is 0 Å². The zero-order valence-electron chi connectivity index (χ0n) is 10.5. The van der Waals surface area contributed by atoms with Crippen LogP contribution < -0.4 is 4.74 Å². The number of fused-ring (bicyclic) bond motifs is 1. The molecule has 1 heterocycles. The number of benzene rings is 2. The van der Waals surface area contributed by atoms with Gasteiger partial charge in [-0.15, -0.1) is 4.40 Å². The highest BCUT2D eigenvalue weighted by Crippen LogP contribution is 2.31. The average Bonchev–Trinajstić information content (AvgIpc) is 2.65. The molecule has 0 bridgehead atoms. The van der Waals surface area contributed by atoms with E-state index in [0.29, 0.717) is 11.3 Å². The highest BCUT2D eigenvalue weighted by molar-refractivity contribution is 9.10. The molecule has 0 radical (unpaired) electrons. The first-order valence-electron chi connectivity index (χ1n) is 5.86. The second-order valence-corrected chi connectivity index (χ2v) is 6.83. The number of nitrogens with zero attached hydrogens (tertiary/aromatic N) is 1. The molecule has 1 aliphatic rings. The number of aryl methyl sites for hydroxylation is 1. The lowest BCUT2D eigenvalue weighted by atomic mass is 10.2. The summed E-state index contributed by atoms with van der Waals surface area (Å²) in [5.41, 5.74) is 1.56. The van der Waals surface area contributed by atoms with Gasteiger partial charge in [0, 0.05) is 0 Å². The van der Waals surface area contributed by atoms with Gasteiger partial charge in [0.05, 0.1) is 10.0 Å². The molecule has 0 aliphatic carbocycles. The Labute approximate surface area is 125 Å². The zero-order valence-corrected chi connectivity index (χ0v) is 12.9. The number of hydrogen-bond donors (Lipinski definition) is 0. The second kappa shape index (κ2) is 4.71. The van der Waals surface area contributed by atoms with Crippen LogP contribution in [0.5, 0.6) is 5.75 Å². The van der Waals surface area contributed by atoms with E-state index in [9.17, 15) is 8.42 Å². The minimum Gasteiger partial charge on any atom is -0.436 e. The van der Waals surface area contributed by atoms with Crippen LogP contribution in [0.25, 0.3) is 0 Å². The van der Waals surface area contributed by atoms with Crippen LogP contribution in [0.1, 0.15) is 11.1 Å². The van der Waals surface area contributed by atoms with Gasteiger partial charge in [-0.1, -0.05) is 18.2 Å². The van der Waals surface area contributed by atoms with Gasteiger partial charge in [-0.05, 0) is 52.7 Å². The van der Waals surface area contributed by atoms with Crippen LogP contribution >= 0.6 is 15.9 Å². The molecular weight excluding hydrogens is 342 g/mol. The van der Waals surface area contributed by atoms with Crippen LogP contribution in [0, 0.1) is 6.92 Å². The molecule has 0 amide bonds. The monoisotopic (exact) mass is 351 g/mol. The Kier molecular flexibility index (Phi) is 3.14. The van der Waals surface area contributed by atoms with Gasteiger partial charge in [0.25, 0.3) is 10.0 Å². The fraction of sp³-hybridized carbons (Fsp3) is 0.0714. The van der Waals surface area contributed by atoms with Gasteiger partial charge in [-0.3, -0.25) is 0 Å². The Morgan fingerprint density at radius 3 is 2.65 bits per heavy atom. The molecule has 0 saturated heterocycles. The van der Waals surface area contributed by atoms with Gasteiger partial charge in [0.15, 0.2) is 0 Å². The summed E-state index contributed by atoms with van der Waals surface area (Å²) in [4.78, 5) is 0.179. The topological polar surface area (TPSA) is 55.7 Å². The second-order valence-electron chi connectivity index (χ2n) is 4.40. The van der Waals surface area contributed by atoms with Gasteiger partial charge < -0.3 is 4.74 Å². The standard InChI is InChI=1S/C14H10BrNO3S/c1-9-6-7-12(11(15)8-9)19-14-10-4-2-3-5-13(10)20(17,18)16-14/h2-8H,1H3. The van der Waals surface area contributed by atoms with Crippen molar-refractivity contribution in [2.45, 2.75) is 11.8 Å². The van der Waals surface area contributed by atoms with Crippen LogP contribution in [0.15, 0.2) is 56.2 Å². The van der Waals surface area contributed by atoms with Crippen LogP contribution in [-0.2, 0) is 10.0 Å². The van der Waals surface area contributed by atoms with E-state index in [4.69, 9.17) is 4.74 Å². The highest BCUT2D eigenvalue weighted by Gasteiger charge is 2.30. The third kappa shape index (κ3) is 2.25. The summed E-state index contributed by atoms with van der Waals surface area (Å²) in [5.74, 6) is 0.631. The van der Waals surface area contributed by atoms with Crippen LogP contribution in [0.3, 0.4) is 0 Å².